The van der Waals surface area contributed by atoms with E-state index >= 15 is 0 Å². The van der Waals surface area contributed by atoms with E-state index in [1.165, 1.54) is 0 Å². The maximum atomic E-state index is 10.0. The van der Waals surface area contributed by atoms with Crippen molar-refractivity contribution in [2.45, 2.75) is 13.8 Å². The average Bonchev–Trinajstić information content (AvgIpc) is 2.61. The highest BCUT2D eigenvalue weighted by Gasteiger charge is 2.16. The molecule has 84 valence electrons. The summed E-state index contributed by atoms with van der Waals surface area (Å²) in [6, 6.07) is 3.34. The Morgan fingerprint density at radius 3 is 2.62 bits per heavy atom. The molecule has 0 radical (unpaired) electrons. The fraction of sp³-hybridized carbons (Fsp3) is 0.182. The Morgan fingerprint density at radius 1 is 1.38 bits per heavy atom. The lowest BCUT2D eigenvalue weighted by atomic mass is 10.0. The van der Waals surface area contributed by atoms with Crippen LogP contribution in [0.1, 0.15) is 11.1 Å². The van der Waals surface area contributed by atoms with Gasteiger partial charge >= 0.3 is 0 Å². The van der Waals surface area contributed by atoms with Gasteiger partial charge in [-0.05, 0) is 25.5 Å². The zero-order chi connectivity index (χ0) is 11.9. The highest BCUT2D eigenvalue weighted by atomic mass is 35.5. The van der Waals surface area contributed by atoms with Crippen molar-refractivity contribution >= 4 is 17.5 Å². The van der Waals surface area contributed by atoms with Crippen LogP contribution < -0.4 is 5.73 Å². The van der Waals surface area contributed by atoms with Gasteiger partial charge in [-0.1, -0.05) is 16.8 Å². The molecule has 0 unspecified atom stereocenters. The summed E-state index contributed by atoms with van der Waals surface area (Å²) < 4.78 is 4.78. The van der Waals surface area contributed by atoms with Crippen LogP contribution in [-0.4, -0.2) is 10.3 Å². The van der Waals surface area contributed by atoms with Crippen LogP contribution in [0.3, 0.4) is 0 Å². The second kappa shape index (κ2) is 3.72. The van der Waals surface area contributed by atoms with Crippen LogP contribution in [-0.2, 0) is 0 Å². The lowest BCUT2D eigenvalue weighted by Crippen LogP contribution is -1.89. The molecule has 1 aromatic heterocycles. The Morgan fingerprint density at radius 2 is 2.06 bits per heavy atom. The summed E-state index contributed by atoms with van der Waals surface area (Å²) in [5.41, 5.74) is 7.99. The second-order valence-electron chi connectivity index (χ2n) is 3.64. The Labute approximate surface area is 97.6 Å². The summed E-state index contributed by atoms with van der Waals surface area (Å²) in [5.74, 6) is 0.319. The molecule has 0 fully saturated rings. The number of aryl methyl sites for hydroxylation is 1. The average molecular weight is 239 g/mol. The summed E-state index contributed by atoms with van der Waals surface area (Å²) in [6.45, 7) is 3.58. The van der Waals surface area contributed by atoms with Gasteiger partial charge in [0.2, 0.25) is 5.88 Å². The van der Waals surface area contributed by atoms with Crippen LogP contribution in [0.25, 0.3) is 11.3 Å². The number of aromatic hydroxyl groups is 1. The summed E-state index contributed by atoms with van der Waals surface area (Å²) >= 11 is 5.96. The van der Waals surface area contributed by atoms with Gasteiger partial charge in [0.1, 0.15) is 11.4 Å². The van der Waals surface area contributed by atoms with Gasteiger partial charge in [0, 0.05) is 22.2 Å². The summed E-state index contributed by atoms with van der Waals surface area (Å²) in [6.07, 6.45) is 0. The van der Waals surface area contributed by atoms with Crippen LogP contribution in [0.15, 0.2) is 16.7 Å². The summed E-state index contributed by atoms with van der Waals surface area (Å²) in [5, 5.41) is 14.3. The highest BCUT2D eigenvalue weighted by molar-refractivity contribution is 6.31. The molecule has 0 aliphatic rings. The molecule has 2 rings (SSSR count). The molecule has 0 spiro atoms. The molecule has 0 saturated heterocycles. The zero-order valence-corrected chi connectivity index (χ0v) is 9.67. The van der Waals surface area contributed by atoms with Gasteiger partial charge in [0.25, 0.3) is 0 Å². The van der Waals surface area contributed by atoms with Crippen LogP contribution in [0.4, 0.5) is 5.88 Å². The second-order valence-corrected chi connectivity index (χ2v) is 4.05. The molecule has 0 bridgehead atoms. The minimum Gasteiger partial charge on any atom is -0.507 e. The molecular formula is C11H11ClN2O2. The van der Waals surface area contributed by atoms with E-state index < -0.39 is 0 Å². The van der Waals surface area contributed by atoms with E-state index in [2.05, 4.69) is 5.16 Å². The molecule has 2 aromatic rings. The Hall–Kier alpha value is -1.68. The van der Waals surface area contributed by atoms with Gasteiger partial charge in [0.15, 0.2) is 0 Å². The van der Waals surface area contributed by atoms with Crippen LogP contribution >= 0.6 is 11.6 Å². The van der Waals surface area contributed by atoms with Crippen molar-refractivity contribution in [1.82, 2.24) is 5.16 Å². The summed E-state index contributed by atoms with van der Waals surface area (Å²) in [7, 11) is 0. The number of rotatable bonds is 1. The minimum atomic E-state index is 0.110. The third-order valence-corrected chi connectivity index (χ3v) is 2.86. The molecule has 0 saturated carbocycles. The van der Waals surface area contributed by atoms with Crippen LogP contribution in [0, 0.1) is 13.8 Å². The monoisotopic (exact) mass is 238 g/mol. The lowest BCUT2D eigenvalue weighted by molar-refractivity contribution is 0.437. The van der Waals surface area contributed by atoms with E-state index in [0.29, 0.717) is 21.8 Å². The molecule has 1 aromatic carbocycles. The van der Waals surface area contributed by atoms with E-state index in [-0.39, 0.29) is 11.6 Å². The van der Waals surface area contributed by atoms with Crippen molar-refractivity contribution in [3.63, 3.8) is 0 Å². The lowest BCUT2D eigenvalue weighted by Gasteiger charge is -2.09. The van der Waals surface area contributed by atoms with Crippen molar-refractivity contribution in [2.75, 3.05) is 5.73 Å². The Kier molecular flexibility index (Phi) is 2.52. The van der Waals surface area contributed by atoms with Crippen molar-refractivity contribution in [3.05, 3.63) is 28.3 Å². The van der Waals surface area contributed by atoms with E-state index in [0.717, 1.165) is 5.56 Å². The number of phenols is 1. The molecule has 0 atom stereocenters. The number of nitrogens with zero attached hydrogens (tertiary/aromatic N) is 1. The molecule has 3 N–H and O–H groups in total. The SMILES string of the molecule is Cc1cc(Cl)c(C)c(O)c1-c1cc(N)on1. The van der Waals surface area contributed by atoms with Gasteiger partial charge in [-0.15, -0.1) is 0 Å². The molecule has 1 heterocycles. The predicted molar refractivity (Wildman–Crippen MR) is 62.5 cm³/mol. The van der Waals surface area contributed by atoms with Gasteiger partial charge in [-0.25, -0.2) is 0 Å². The predicted octanol–water partition coefficient (Wildman–Crippen LogP) is 2.90. The first-order valence-electron chi connectivity index (χ1n) is 4.72. The third kappa shape index (κ3) is 1.61. The molecule has 16 heavy (non-hydrogen) atoms. The number of aromatic nitrogens is 1. The van der Waals surface area contributed by atoms with Crippen LogP contribution in [0.2, 0.25) is 5.02 Å². The molecular weight excluding hydrogens is 228 g/mol. The smallest absolute Gasteiger partial charge is 0.222 e. The standard InChI is InChI=1S/C11H11ClN2O2/c1-5-3-7(12)6(2)11(15)10(5)8-4-9(13)16-14-8/h3-4,15H,13H2,1-2H3. The van der Waals surface area contributed by atoms with Gasteiger partial charge in [-0.3, -0.25) is 0 Å². The maximum absolute atomic E-state index is 10.0. The Bertz CT molecular complexity index is 549. The van der Waals surface area contributed by atoms with E-state index in [4.69, 9.17) is 21.9 Å². The van der Waals surface area contributed by atoms with Gasteiger partial charge < -0.3 is 15.4 Å². The normalized spacial score (nSPS) is 10.7. The molecule has 0 aliphatic carbocycles. The first kappa shape index (κ1) is 10.8. The van der Waals surface area contributed by atoms with Gasteiger partial charge in [0.05, 0.1) is 0 Å². The fourth-order valence-electron chi connectivity index (χ4n) is 1.59. The molecule has 0 aliphatic heterocycles. The van der Waals surface area contributed by atoms with Gasteiger partial charge in [-0.2, -0.15) is 0 Å². The highest BCUT2D eigenvalue weighted by Crippen LogP contribution is 2.38. The zero-order valence-electron chi connectivity index (χ0n) is 8.91. The van der Waals surface area contributed by atoms with Crippen molar-refractivity contribution in [3.8, 4) is 17.0 Å². The fourth-order valence-corrected chi connectivity index (χ4v) is 1.84. The number of nitrogens with two attached hydrogens (primary N) is 1. The topological polar surface area (TPSA) is 72.3 Å². The molecule has 5 heteroatoms. The maximum Gasteiger partial charge on any atom is 0.222 e. The third-order valence-electron chi connectivity index (χ3n) is 2.47. The van der Waals surface area contributed by atoms with E-state index in [1.54, 1.807) is 19.1 Å². The van der Waals surface area contributed by atoms with E-state index in [9.17, 15) is 5.11 Å². The van der Waals surface area contributed by atoms with Crippen molar-refractivity contribution in [2.24, 2.45) is 0 Å². The largest absolute Gasteiger partial charge is 0.507 e. The van der Waals surface area contributed by atoms with E-state index in [1.807, 2.05) is 6.92 Å². The number of phenolic OH excluding ortho intramolecular Hbond substituents is 1. The number of hydrogen-bond acceptors (Lipinski definition) is 4. The first-order valence-corrected chi connectivity index (χ1v) is 5.09. The minimum absolute atomic E-state index is 0.110. The quantitative estimate of drug-likeness (QED) is 0.801. The molecule has 4 nitrogen and oxygen atoms in total. The molecule has 0 amide bonds. The first-order chi connectivity index (χ1) is 7.50. The van der Waals surface area contributed by atoms with Crippen molar-refractivity contribution in [1.29, 1.82) is 0 Å². The summed E-state index contributed by atoms with van der Waals surface area (Å²) in [4.78, 5) is 0. The number of nitrogen functional groups attached to an aromatic ring is 1. The number of anilines is 1. The Balaban J connectivity index is 2.70. The number of hydrogen-bond donors (Lipinski definition) is 2. The van der Waals surface area contributed by atoms with Crippen molar-refractivity contribution < 1.29 is 9.63 Å². The number of halogens is 1. The number of benzene rings is 1. The van der Waals surface area contributed by atoms with Crippen LogP contribution in [0.5, 0.6) is 5.75 Å².